The fourth-order valence-electron chi connectivity index (χ4n) is 3.96. The smallest absolute Gasteiger partial charge is 0.227 e. The van der Waals surface area contributed by atoms with Crippen LogP contribution in [0.4, 0.5) is 5.95 Å². The van der Waals surface area contributed by atoms with Gasteiger partial charge in [-0.15, -0.1) is 10.2 Å². The first-order chi connectivity index (χ1) is 14.7. The van der Waals surface area contributed by atoms with Crippen LogP contribution in [0.2, 0.25) is 0 Å². The van der Waals surface area contributed by atoms with Crippen molar-refractivity contribution in [3.8, 4) is 28.8 Å². The Hall–Kier alpha value is -3.99. The summed E-state index contributed by atoms with van der Waals surface area (Å²) in [5.74, 6) is 2.26. The molecule has 8 nitrogen and oxygen atoms in total. The summed E-state index contributed by atoms with van der Waals surface area (Å²) in [6, 6.07) is 15.4. The van der Waals surface area contributed by atoms with Crippen LogP contribution in [0.3, 0.4) is 0 Å². The van der Waals surface area contributed by atoms with Gasteiger partial charge in [0.2, 0.25) is 5.95 Å². The second-order valence-electron chi connectivity index (χ2n) is 7.28. The zero-order chi connectivity index (χ0) is 20.5. The topological polar surface area (TPSA) is 96.7 Å². The van der Waals surface area contributed by atoms with Gasteiger partial charge in [-0.2, -0.15) is 5.26 Å². The molecule has 0 saturated carbocycles. The minimum absolute atomic E-state index is 0.0647. The van der Waals surface area contributed by atoms with Gasteiger partial charge in [0.05, 0.1) is 17.7 Å². The average molecular weight is 397 g/mol. The van der Waals surface area contributed by atoms with E-state index in [4.69, 9.17) is 9.78 Å². The van der Waals surface area contributed by atoms with Crippen molar-refractivity contribution in [2.45, 2.75) is 18.9 Å². The van der Waals surface area contributed by atoms with Crippen LogP contribution < -0.4 is 4.90 Å². The molecular formula is C22H19N7O. The molecule has 0 N–H and O–H groups in total. The van der Waals surface area contributed by atoms with Crippen molar-refractivity contribution in [1.82, 2.24) is 24.9 Å². The van der Waals surface area contributed by atoms with Gasteiger partial charge in [0.25, 0.3) is 0 Å². The van der Waals surface area contributed by atoms with Crippen molar-refractivity contribution >= 4 is 5.95 Å². The Kier molecular flexibility index (Phi) is 4.48. The molecule has 1 fully saturated rings. The molecule has 1 aromatic carbocycles. The highest BCUT2D eigenvalue weighted by molar-refractivity contribution is 5.61. The van der Waals surface area contributed by atoms with E-state index in [-0.39, 0.29) is 6.04 Å². The lowest BCUT2D eigenvalue weighted by atomic mass is 10.1. The number of rotatable bonds is 4. The summed E-state index contributed by atoms with van der Waals surface area (Å²) in [6.07, 6.45) is 5.50. The monoisotopic (exact) mass is 397 g/mol. The first-order valence-corrected chi connectivity index (χ1v) is 9.78. The van der Waals surface area contributed by atoms with Gasteiger partial charge in [-0.1, -0.05) is 17.3 Å². The Labute approximate surface area is 173 Å². The van der Waals surface area contributed by atoms with Crippen molar-refractivity contribution in [1.29, 1.82) is 5.26 Å². The van der Waals surface area contributed by atoms with Crippen molar-refractivity contribution in [3.63, 3.8) is 0 Å². The Bertz CT molecular complexity index is 1220. The molecule has 4 heterocycles. The maximum Gasteiger partial charge on any atom is 0.227 e. The summed E-state index contributed by atoms with van der Waals surface area (Å²) in [5.41, 5.74) is 3.27. The molecule has 30 heavy (non-hydrogen) atoms. The van der Waals surface area contributed by atoms with Crippen LogP contribution in [0.25, 0.3) is 22.7 Å². The Morgan fingerprint density at radius 2 is 1.97 bits per heavy atom. The third-order valence-electron chi connectivity index (χ3n) is 5.45. The van der Waals surface area contributed by atoms with Crippen LogP contribution in [0.5, 0.6) is 0 Å². The second-order valence-corrected chi connectivity index (χ2v) is 7.28. The Balaban J connectivity index is 1.45. The lowest BCUT2D eigenvalue weighted by Gasteiger charge is -2.23. The highest BCUT2D eigenvalue weighted by Crippen LogP contribution is 2.37. The number of nitriles is 1. The zero-order valence-corrected chi connectivity index (χ0v) is 16.4. The largest absolute Gasteiger partial charge is 0.356 e. The van der Waals surface area contributed by atoms with Crippen LogP contribution >= 0.6 is 0 Å². The molecule has 0 amide bonds. The van der Waals surface area contributed by atoms with Gasteiger partial charge in [-0.05, 0) is 37.1 Å². The van der Waals surface area contributed by atoms with Gasteiger partial charge in [0.1, 0.15) is 5.69 Å². The maximum atomic E-state index is 9.14. The Morgan fingerprint density at radius 1 is 1.10 bits per heavy atom. The van der Waals surface area contributed by atoms with E-state index in [1.807, 2.05) is 41.9 Å². The lowest BCUT2D eigenvalue weighted by Crippen LogP contribution is -2.25. The normalized spacial score (nSPS) is 16.0. The number of pyridine rings is 1. The number of hydrogen-bond acceptors (Lipinski definition) is 7. The van der Waals surface area contributed by atoms with Crippen molar-refractivity contribution in [3.05, 3.63) is 66.1 Å². The minimum atomic E-state index is 0.0647. The van der Waals surface area contributed by atoms with E-state index in [1.165, 1.54) is 0 Å². The molecule has 1 saturated heterocycles. The van der Waals surface area contributed by atoms with Crippen molar-refractivity contribution in [2.24, 2.45) is 7.05 Å². The zero-order valence-electron chi connectivity index (χ0n) is 16.4. The predicted molar refractivity (Wildman–Crippen MR) is 110 cm³/mol. The molecule has 0 aliphatic carbocycles. The lowest BCUT2D eigenvalue weighted by molar-refractivity contribution is 0.416. The molecule has 3 aromatic heterocycles. The summed E-state index contributed by atoms with van der Waals surface area (Å²) >= 11 is 0. The second kappa shape index (κ2) is 7.44. The van der Waals surface area contributed by atoms with E-state index in [9.17, 15) is 0 Å². The highest BCUT2D eigenvalue weighted by atomic mass is 16.5. The summed E-state index contributed by atoms with van der Waals surface area (Å²) in [6.45, 7) is 0.874. The van der Waals surface area contributed by atoms with E-state index in [1.54, 1.807) is 24.5 Å². The molecule has 0 radical (unpaired) electrons. The molecule has 0 bridgehead atoms. The van der Waals surface area contributed by atoms with E-state index < -0.39 is 0 Å². The number of benzene rings is 1. The first kappa shape index (κ1) is 18.1. The minimum Gasteiger partial charge on any atom is -0.356 e. The number of aromatic nitrogens is 5. The van der Waals surface area contributed by atoms with Crippen LogP contribution in [-0.4, -0.2) is 31.4 Å². The van der Waals surface area contributed by atoms with Crippen LogP contribution in [0, 0.1) is 11.3 Å². The molecule has 1 aliphatic heterocycles. The molecule has 5 rings (SSSR count). The molecule has 1 atom stereocenters. The van der Waals surface area contributed by atoms with Crippen LogP contribution in [0.1, 0.15) is 30.1 Å². The van der Waals surface area contributed by atoms with Gasteiger partial charge in [-0.3, -0.25) is 9.55 Å². The fraction of sp³-hybridized carbons (Fsp3) is 0.227. The maximum absolute atomic E-state index is 9.14. The molecule has 148 valence electrons. The number of nitrogens with zero attached hydrogens (tertiary/aromatic N) is 7. The highest BCUT2D eigenvalue weighted by Gasteiger charge is 2.32. The number of hydrogen-bond donors (Lipinski definition) is 0. The predicted octanol–water partition coefficient (Wildman–Crippen LogP) is 3.75. The van der Waals surface area contributed by atoms with Gasteiger partial charge in [0, 0.05) is 43.2 Å². The van der Waals surface area contributed by atoms with Gasteiger partial charge in [-0.25, -0.2) is 0 Å². The number of anilines is 1. The van der Waals surface area contributed by atoms with Crippen molar-refractivity contribution < 1.29 is 4.52 Å². The van der Waals surface area contributed by atoms with Gasteiger partial charge >= 0.3 is 0 Å². The summed E-state index contributed by atoms with van der Waals surface area (Å²) in [7, 11) is 1.97. The molecule has 0 unspecified atom stereocenters. The standard InChI is InChI=1S/C22H19N7O/c1-28-21(16-7-9-24-10-8-16)25-26-22(28)29-11-3-6-19(29)18-13-20(30-27-18)17-5-2-4-15(12-17)14-23/h2,4-5,7-10,12-13,19H,3,6,11H2,1H3/t19-/m1/s1. The molecule has 0 spiro atoms. The van der Waals surface area contributed by atoms with Crippen molar-refractivity contribution in [2.75, 3.05) is 11.4 Å². The van der Waals surface area contributed by atoms with E-state index in [0.29, 0.717) is 11.3 Å². The van der Waals surface area contributed by atoms with Gasteiger partial charge in [0.15, 0.2) is 11.6 Å². The third kappa shape index (κ3) is 3.10. The van der Waals surface area contributed by atoms with Crippen LogP contribution in [-0.2, 0) is 7.05 Å². The fourth-order valence-corrected chi connectivity index (χ4v) is 3.96. The Morgan fingerprint density at radius 3 is 2.80 bits per heavy atom. The summed E-state index contributed by atoms with van der Waals surface area (Å²) < 4.78 is 7.62. The summed E-state index contributed by atoms with van der Waals surface area (Å²) in [4.78, 5) is 6.30. The average Bonchev–Trinajstić information content (AvgIpc) is 3.53. The molecule has 8 heteroatoms. The van der Waals surface area contributed by atoms with E-state index >= 15 is 0 Å². The van der Waals surface area contributed by atoms with E-state index in [2.05, 4.69) is 31.3 Å². The molecule has 4 aromatic rings. The van der Waals surface area contributed by atoms with Gasteiger partial charge < -0.3 is 9.42 Å². The first-order valence-electron chi connectivity index (χ1n) is 9.78. The SMILES string of the molecule is Cn1c(-c2ccncc2)nnc1N1CCC[C@@H]1c1cc(-c2cccc(C#N)c2)on1. The quantitative estimate of drug-likeness (QED) is 0.517. The molecular weight excluding hydrogens is 378 g/mol. The molecule has 1 aliphatic rings. The summed E-state index contributed by atoms with van der Waals surface area (Å²) in [5, 5.41) is 22.3. The third-order valence-corrected chi connectivity index (χ3v) is 5.45. The van der Waals surface area contributed by atoms with Crippen LogP contribution in [0.15, 0.2) is 59.4 Å². The van der Waals surface area contributed by atoms with E-state index in [0.717, 1.165) is 48.0 Å².